The third-order valence-electron chi connectivity index (χ3n) is 9.42. The molecule has 1 heterocycles. The zero-order valence-corrected chi connectivity index (χ0v) is 31.3. The van der Waals surface area contributed by atoms with Crippen LogP contribution >= 0.6 is 0 Å². The maximum absolute atomic E-state index is 12.9. The molecule has 10 heteroatoms. The minimum absolute atomic E-state index is 0.111. The van der Waals surface area contributed by atoms with E-state index in [9.17, 15) is 4.79 Å². The highest BCUT2D eigenvalue weighted by Gasteiger charge is 2.54. The highest BCUT2D eigenvalue weighted by Crippen LogP contribution is 2.45. The van der Waals surface area contributed by atoms with Gasteiger partial charge in [-0.05, 0) is 45.4 Å². The summed E-state index contributed by atoms with van der Waals surface area (Å²) in [6, 6.07) is 27.3. The van der Waals surface area contributed by atoms with E-state index in [4.69, 9.17) is 32.8 Å². The Balaban J connectivity index is 1.66. The molecule has 4 rings (SSSR count). The highest BCUT2D eigenvalue weighted by atomic mass is 28.4. The third-order valence-corrected chi connectivity index (χ3v) is 15.5. The average Bonchev–Trinajstić information content (AvgIpc) is 3.11. The van der Waals surface area contributed by atoms with E-state index in [1.807, 2.05) is 84.9 Å². The molecule has 0 aromatic heterocycles. The molecule has 0 spiro atoms. The molecule has 1 N–H and O–H groups in total. The molecule has 5 atom stereocenters. The second-order valence-corrected chi connectivity index (χ2v) is 18.9. The van der Waals surface area contributed by atoms with Gasteiger partial charge in [0.1, 0.15) is 36.8 Å². The van der Waals surface area contributed by atoms with Gasteiger partial charge in [0.15, 0.2) is 6.29 Å². The fourth-order valence-electron chi connectivity index (χ4n) is 7.03. The number of hydrogen-bond donors (Lipinski definition) is 1. The quantitative estimate of drug-likeness (QED) is 0.142. The Kier molecular flexibility index (Phi) is 14.7. The SMILES string of the molecule is COc1ccc(CO[C@H]2[C@H](OCc3ccccc3)[C@H](O[Si](C(C)C)(C(C)C)C(C)C)[C@H](OC)O[C@@H]2CNC(=O)OCc2ccccc2)cc1. The maximum atomic E-state index is 12.9. The Hall–Kier alpha value is -3.25. The van der Waals surface area contributed by atoms with Gasteiger partial charge >= 0.3 is 6.09 Å². The van der Waals surface area contributed by atoms with Gasteiger partial charge in [-0.2, -0.15) is 0 Å². The lowest BCUT2D eigenvalue weighted by molar-refractivity contribution is -0.302. The predicted octanol–water partition coefficient (Wildman–Crippen LogP) is 8.02. The number of carbonyl (C=O) groups excluding carboxylic acids is 1. The van der Waals surface area contributed by atoms with E-state index in [2.05, 4.69) is 46.9 Å². The van der Waals surface area contributed by atoms with Crippen LogP contribution in [-0.2, 0) is 47.9 Å². The van der Waals surface area contributed by atoms with Crippen LogP contribution in [0.1, 0.15) is 58.2 Å². The minimum atomic E-state index is -2.45. The van der Waals surface area contributed by atoms with Gasteiger partial charge in [0.25, 0.3) is 0 Å². The van der Waals surface area contributed by atoms with Crippen molar-refractivity contribution in [3.63, 3.8) is 0 Å². The molecule has 3 aromatic carbocycles. The summed E-state index contributed by atoms with van der Waals surface area (Å²) in [5.41, 5.74) is 3.83. The second-order valence-electron chi connectivity index (χ2n) is 13.5. The maximum Gasteiger partial charge on any atom is 0.407 e. The number of hydrogen-bond acceptors (Lipinski definition) is 8. The first-order valence-electron chi connectivity index (χ1n) is 17.3. The summed E-state index contributed by atoms with van der Waals surface area (Å²) < 4.78 is 44.5. The second kappa shape index (κ2) is 18.7. The first kappa shape index (κ1) is 38.5. The molecule has 1 amide bonds. The molecule has 0 aliphatic carbocycles. The number of rotatable bonds is 17. The van der Waals surface area contributed by atoms with E-state index < -0.39 is 45.1 Å². The van der Waals surface area contributed by atoms with Crippen molar-refractivity contribution in [1.82, 2.24) is 5.32 Å². The molecule has 1 fully saturated rings. The van der Waals surface area contributed by atoms with Crippen LogP contribution < -0.4 is 10.1 Å². The Morgan fingerprint density at radius 2 is 1.20 bits per heavy atom. The van der Waals surface area contributed by atoms with Crippen molar-refractivity contribution in [2.75, 3.05) is 20.8 Å². The lowest BCUT2D eigenvalue weighted by Crippen LogP contribution is -2.66. The first-order valence-corrected chi connectivity index (χ1v) is 19.4. The normalized spacial score (nSPS) is 21.2. The summed E-state index contributed by atoms with van der Waals surface area (Å²) in [4.78, 5) is 12.9. The molecule has 0 bridgehead atoms. The largest absolute Gasteiger partial charge is 0.497 e. The lowest BCUT2D eigenvalue weighted by atomic mass is 9.97. The van der Waals surface area contributed by atoms with Crippen LogP contribution in [0, 0.1) is 0 Å². The Bertz CT molecular complexity index is 1370. The van der Waals surface area contributed by atoms with E-state index in [0.29, 0.717) is 23.2 Å². The third kappa shape index (κ3) is 10.2. The standard InChI is InChI=1S/C39H55NO8Si/c1-27(2)49(28(3)4,29(5)6)48-37-36(45-24-30-15-11-9-12-16-30)35(44-25-32-19-21-33(42-7)22-20-32)34(47-38(37)43-8)23-40-39(41)46-26-31-17-13-10-14-18-31/h9-22,27-29,34-38H,23-26H2,1-8H3,(H,40,41)/t34-,35-,36+,37+,38-/m1/s1. The summed E-state index contributed by atoms with van der Waals surface area (Å²) in [5.74, 6) is 0.763. The molecule has 3 aromatic rings. The van der Waals surface area contributed by atoms with Crippen molar-refractivity contribution in [2.45, 2.75) is 109 Å². The van der Waals surface area contributed by atoms with Gasteiger partial charge < -0.3 is 38.2 Å². The van der Waals surface area contributed by atoms with Gasteiger partial charge in [0.2, 0.25) is 8.32 Å². The Morgan fingerprint density at radius 1 is 0.694 bits per heavy atom. The van der Waals surface area contributed by atoms with Crippen molar-refractivity contribution in [3.05, 3.63) is 102 Å². The monoisotopic (exact) mass is 693 g/mol. The van der Waals surface area contributed by atoms with E-state index in [0.717, 1.165) is 22.4 Å². The number of benzene rings is 3. The number of methoxy groups -OCH3 is 2. The minimum Gasteiger partial charge on any atom is -0.497 e. The summed E-state index contributed by atoms with van der Waals surface area (Å²) in [5, 5.41) is 2.90. The topological polar surface area (TPSA) is 93.7 Å². The zero-order valence-electron chi connectivity index (χ0n) is 30.3. The molecule has 268 valence electrons. The van der Waals surface area contributed by atoms with E-state index >= 15 is 0 Å². The molecule has 0 radical (unpaired) electrons. The fraction of sp³-hybridized carbons (Fsp3) is 0.513. The Morgan fingerprint density at radius 3 is 1.71 bits per heavy atom. The van der Waals surface area contributed by atoms with Gasteiger partial charge in [-0.15, -0.1) is 0 Å². The van der Waals surface area contributed by atoms with Crippen molar-refractivity contribution >= 4 is 14.4 Å². The number of carbonyl (C=O) groups is 1. The molecule has 9 nitrogen and oxygen atoms in total. The van der Waals surface area contributed by atoms with Crippen LogP contribution in [0.2, 0.25) is 16.6 Å². The number of nitrogens with one attached hydrogen (secondary N) is 1. The van der Waals surface area contributed by atoms with Crippen LogP contribution in [0.3, 0.4) is 0 Å². The highest BCUT2D eigenvalue weighted by molar-refractivity contribution is 6.77. The van der Waals surface area contributed by atoms with Crippen LogP contribution in [0.5, 0.6) is 5.75 Å². The van der Waals surface area contributed by atoms with Crippen molar-refractivity contribution in [2.24, 2.45) is 0 Å². The van der Waals surface area contributed by atoms with Crippen molar-refractivity contribution in [1.29, 1.82) is 0 Å². The molecule has 1 saturated heterocycles. The van der Waals surface area contributed by atoms with Gasteiger partial charge in [-0.25, -0.2) is 4.79 Å². The first-order chi connectivity index (χ1) is 23.6. The fourth-order valence-corrected chi connectivity index (χ4v) is 12.6. The summed E-state index contributed by atoms with van der Waals surface area (Å²) >= 11 is 0. The van der Waals surface area contributed by atoms with Crippen LogP contribution in [0.25, 0.3) is 0 Å². The molecule has 1 aliphatic rings. The Labute approximate surface area is 293 Å². The molecular formula is C39H55NO8Si. The van der Waals surface area contributed by atoms with Crippen molar-refractivity contribution in [3.8, 4) is 5.75 Å². The van der Waals surface area contributed by atoms with Crippen LogP contribution in [0.15, 0.2) is 84.9 Å². The van der Waals surface area contributed by atoms with Gasteiger partial charge in [0.05, 0.1) is 20.3 Å². The van der Waals surface area contributed by atoms with E-state index in [1.54, 1.807) is 14.2 Å². The molecule has 1 aliphatic heterocycles. The summed E-state index contributed by atoms with van der Waals surface area (Å²) in [6.45, 7) is 14.4. The number of ether oxygens (including phenoxy) is 6. The number of amides is 1. The molecular weight excluding hydrogens is 639 g/mol. The molecule has 49 heavy (non-hydrogen) atoms. The van der Waals surface area contributed by atoms with Crippen LogP contribution in [0.4, 0.5) is 4.79 Å². The van der Waals surface area contributed by atoms with E-state index in [-0.39, 0.29) is 19.8 Å². The molecule has 0 saturated carbocycles. The summed E-state index contributed by atoms with van der Waals surface area (Å²) in [6.07, 6.45) is -3.77. The van der Waals surface area contributed by atoms with Gasteiger partial charge in [0, 0.05) is 13.7 Å². The smallest absolute Gasteiger partial charge is 0.407 e. The average molecular weight is 694 g/mol. The van der Waals surface area contributed by atoms with Crippen molar-refractivity contribution < 1.29 is 37.6 Å². The van der Waals surface area contributed by atoms with E-state index in [1.165, 1.54) is 0 Å². The lowest BCUT2D eigenvalue weighted by Gasteiger charge is -2.51. The van der Waals surface area contributed by atoms with Gasteiger partial charge in [-0.1, -0.05) is 114 Å². The van der Waals surface area contributed by atoms with Gasteiger partial charge in [-0.3, -0.25) is 0 Å². The molecule has 0 unspecified atom stereocenters. The zero-order chi connectivity index (χ0) is 35.4. The van der Waals surface area contributed by atoms with Crippen LogP contribution in [-0.4, -0.2) is 65.9 Å². The predicted molar refractivity (Wildman–Crippen MR) is 193 cm³/mol. The summed E-state index contributed by atoms with van der Waals surface area (Å²) in [7, 11) is 0.812. The number of alkyl carbamates (subject to hydrolysis) is 1.